The average molecular weight is 181 g/mol. The van der Waals surface area contributed by atoms with Gasteiger partial charge in [0.1, 0.15) is 0 Å². The highest BCUT2D eigenvalue weighted by molar-refractivity contribution is 5.17. The molecule has 4 nitrogen and oxygen atoms in total. The van der Waals surface area contributed by atoms with Crippen molar-refractivity contribution >= 4 is 0 Å². The smallest absolute Gasteiger partial charge is 0.264 e. The first-order chi connectivity index (χ1) is 6.13. The normalized spacial score (nSPS) is 10.8. The predicted octanol–water partition coefficient (Wildman–Crippen LogP) is 0.427. The Labute approximate surface area is 77.2 Å². The third-order valence-electron chi connectivity index (χ3n) is 1.80. The highest BCUT2D eigenvalue weighted by Crippen LogP contribution is 2.07. The molecular formula is C9H15N3O. The molecule has 0 fully saturated rings. The van der Waals surface area contributed by atoms with Crippen molar-refractivity contribution in [2.24, 2.45) is 11.7 Å². The molecule has 13 heavy (non-hydrogen) atoms. The van der Waals surface area contributed by atoms with Crippen LogP contribution in [0.15, 0.2) is 10.9 Å². The summed E-state index contributed by atoms with van der Waals surface area (Å²) in [5, 5.41) is 6.39. The van der Waals surface area contributed by atoms with Crippen molar-refractivity contribution in [3.8, 4) is 0 Å². The Bertz CT molecular complexity index is 330. The third kappa shape index (κ3) is 2.66. The molecule has 0 radical (unpaired) electrons. The minimum Gasteiger partial charge on any atom is -0.326 e. The van der Waals surface area contributed by atoms with E-state index < -0.39 is 0 Å². The maximum Gasteiger partial charge on any atom is 0.264 e. The van der Waals surface area contributed by atoms with Gasteiger partial charge in [-0.25, -0.2) is 5.10 Å². The number of aromatic nitrogens is 2. The van der Waals surface area contributed by atoms with Crippen LogP contribution in [0, 0.1) is 5.92 Å². The molecule has 0 aliphatic rings. The lowest BCUT2D eigenvalue weighted by atomic mass is 10.0. The lowest BCUT2D eigenvalue weighted by Crippen LogP contribution is -2.15. The van der Waals surface area contributed by atoms with E-state index in [1.807, 2.05) is 0 Å². The quantitative estimate of drug-likeness (QED) is 0.710. The lowest BCUT2D eigenvalue weighted by molar-refractivity contribution is 0.620. The number of hydrogen-bond donors (Lipinski definition) is 2. The minimum atomic E-state index is -0.187. The van der Waals surface area contributed by atoms with E-state index in [9.17, 15) is 4.79 Å². The lowest BCUT2D eigenvalue weighted by Gasteiger charge is -2.07. The second-order valence-corrected chi connectivity index (χ2v) is 3.51. The van der Waals surface area contributed by atoms with E-state index in [1.54, 1.807) is 0 Å². The molecule has 0 aromatic carbocycles. The standard InChI is InChI=1S/C9H15N3O/c1-6(2)3-8-7(5-10)4-9(13)12-11-8/h4,6H,3,5,10H2,1-2H3,(H,12,13). The Morgan fingerprint density at radius 3 is 2.85 bits per heavy atom. The second kappa shape index (κ2) is 4.18. The van der Waals surface area contributed by atoms with Gasteiger partial charge >= 0.3 is 0 Å². The van der Waals surface area contributed by atoms with Crippen LogP contribution in [-0.4, -0.2) is 10.2 Å². The fraction of sp³-hybridized carbons (Fsp3) is 0.556. The van der Waals surface area contributed by atoms with Crippen molar-refractivity contribution in [1.29, 1.82) is 0 Å². The molecule has 3 N–H and O–H groups in total. The monoisotopic (exact) mass is 181 g/mol. The summed E-state index contributed by atoms with van der Waals surface area (Å²) in [6, 6.07) is 1.52. The van der Waals surface area contributed by atoms with Crippen LogP contribution in [0.5, 0.6) is 0 Å². The number of nitrogens with one attached hydrogen (secondary N) is 1. The van der Waals surface area contributed by atoms with Gasteiger partial charge in [-0.15, -0.1) is 0 Å². The number of nitrogens with two attached hydrogens (primary N) is 1. The molecule has 0 aliphatic carbocycles. The van der Waals surface area contributed by atoms with Crippen molar-refractivity contribution in [1.82, 2.24) is 10.2 Å². The summed E-state index contributed by atoms with van der Waals surface area (Å²) in [7, 11) is 0. The van der Waals surface area contributed by atoms with Gasteiger partial charge in [0.25, 0.3) is 5.56 Å². The molecule has 0 spiro atoms. The highest BCUT2D eigenvalue weighted by atomic mass is 16.1. The molecule has 0 aliphatic heterocycles. The number of H-pyrrole nitrogens is 1. The van der Waals surface area contributed by atoms with E-state index in [1.165, 1.54) is 6.07 Å². The zero-order valence-corrected chi connectivity index (χ0v) is 8.00. The van der Waals surface area contributed by atoms with Crippen molar-refractivity contribution in [2.45, 2.75) is 26.8 Å². The van der Waals surface area contributed by atoms with Crippen LogP contribution in [0.2, 0.25) is 0 Å². The van der Waals surface area contributed by atoms with Crippen LogP contribution in [-0.2, 0) is 13.0 Å². The summed E-state index contributed by atoms with van der Waals surface area (Å²) in [6.45, 7) is 4.58. The predicted molar refractivity (Wildman–Crippen MR) is 51.3 cm³/mol. The van der Waals surface area contributed by atoms with Crippen LogP contribution in [0.3, 0.4) is 0 Å². The van der Waals surface area contributed by atoms with E-state index in [-0.39, 0.29) is 5.56 Å². The Hall–Kier alpha value is -1.16. The molecule has 1 heterocycles. The van der Waals surface area contributed by atoms with Gasteiger partial charge in [-0.1, -0.05) is 13.8 Å². The number of nitrogens with zero attached hydrogens (tertiary/aromatic N) is 1. The van der Waals surface area contributed by atoms with Crippen molar-refractivity contribution in [2.75, 3.05) is 0 Å². The van der Waals surface area contributed by atoms with Gasteiger partial charge in [0.05, 0.1) is 5.69 Å². The fourth-order valence-electron chi connectivity index (χ4n) is 1.21. The minimum absolute atomic E-state index is 0.187. The summed E-state index contributed by atoms with van der Waals surface area (Å²) < 4.78 is 0. The van der Waals surface area contributed by atoms with Gasteiger partial charge in [0, 0.05) is 12.6 Å². The van der Waals surface area contributed by atoms with Crippen LogP contribution in [0.25, 0.3) is 0 Å². The van der Waals surface area contributed by atoms with Gasteiger partial charge in [-0.2, -0.15) is 5.10 Å². The largest absolute Gasteiger partial charge is 0.326 e. The van der Waals surface area contributed by atoms with Crippen molar-refractivity contribution < 1.29 is 0 Å². The Morgan fingerprint density at radius 2 is 2.31 bits per heavy atom. The van der Waals surface area contributed by atoms with E-state index >= 15 is 0 Å². The van der Waals surface area contributed by atoms with E-state index in [0.717, 1.165) is 17.7 Å². The van der Waals surface area contributed by atoms with E-state index in [4.69, 9.17) is 5.73 Å². The molecule has 1 rings (SSSR count). The van der Waals surface area contributed by atoms with Gasteiger partial charge in [-0.05, 0) is 17.9 Å². The highest BCUT2D eigenvalue weighted by Gasteiger charge is 2.05. The SMILES string of the molecule is CC(C)Cc1n[nH]c(=O)cc1CN. The zero-order valence-electron chi connectivity index (χ0n) is 8.00. The summed E-state index contributed by atoms with van der Waals surface area (Å²) in [5.41, 5.74) is 7.06. The molecule has 0 atom stereocenters. The van der Waals surface area contributed by atoms with Gasteiger partial charge in [-0.3, -0.25) is 4.79 Å². The summed E-state index contributed by atoms with van der Waals surface area (Å²) in [6.07, 6.45) is 0.851. The van der Waals surface area contributed by atoms with Crippen molar-refractivity contribution in [3.63, 3.8) is 0 Å². The van der Waals surface area contributed by atoms with Crippen LogP contribution >= 0.6 is 0 Å². The van der Waals surface area contributed by atoms with Gasteiger partial charge in [0.2, 0.25) is 0 Å². The molecule has 0 unspecified atom stereocenters. The third-order valence-corrected chi connectivity index (χ3v) is 1.80. The molecule has 0 bridgehead atoms. The molecule has 0 saturated heterocycles. The molecule has 4 heteroatoms. The number of rotatable bonds is 3. The summed E-state index contributed by atoms with van der Waals surface area (Å²) >= 11 is 0. The van der Waals surface area contributed by atoms with Crippen LogP contribution in [0.1, 0.15) is 25.1 Å². The molecule has 1 aromatic heterocycles. The summed E-state index contributed by atoms with van der Waals surface area (Å²) in [4.78, 5) is 10.9. The van der Waals surface area contributed by atoms with Gasteiger partial charge in [0.15, 0.2) is 0 Å². The first-order valence-electron chi connectivity index (χ1n) is 4.41. The maximum absolute atomic E-state index is 10.9. The Morgan fingerprint density at radius 1 is 1.62 bits per heavy atom. The Kier molecular flexibility index (Phi) is 3.19. The molecule has 1 aromatic rings. The number of aromatic amines is 1. The van der Waals surface area contributed by atoms with Gasteiger partial charge < -0.3 is 5.73 Å². The second-order valence-electron chi connectivity index (χ2n) is 3.51. The maximum atomic E-state index is 10.9. The first-order valence-corrected chi connectivity index (χ1v) is 4.41. The fourth-order valence-corrected chi connectivity index (χ4v) is 1.21. The average Bonchev–Trinajstić information content (AvgIpc) is 2.07. The Balaban J connectivity index is 2.99. The van der Waals surface area contributed by atoms with Crippen molar-refractivity contribution in [3.05, 3.63) is 27.7 Å². The van der Waals surface area contributed by atoms with E-state index in [2.05, 4.69) is 24.0 Å². The topological polar surface area (TPSA) is 71.8 Å². The molecule has 72 valence electrons. The zero-order chi connectivity index (χ0) is 9.84. The van der Waals surface area contributed by atoms with E-state index in [0.29, 0.717) is 12.5 Å². The van der Waals surface area contributed by atoms with Crippen LogP contribution < -0.4 is 11.3 Å². The molecular weight excluding hydrogens is 166 g/mol. The summed E-state index contributed by atoms with van der Waals surface area (Å²) in [5.74, 6) is 0.517. The first kappa shape index (κ1) is 9.92. The molecule has 0 amide bonds. The number of hydrogen-bond acceptors (Lipinski definition) is 3. The van der Waals surface area contributed by atoms with Crippen LogP contribution in [0.4, 0.5) is 0 Å². The molecule has 0 saturated carbocycles.